The van der Waals surface area contributed by atoms with Gasteiger partial charge in [0.2, 0.25) is 0 Å². The van der Waals surface area contributed by atoms with Gasteiger partial charge in [-0.3, -0.25) is 5.10 Å². The predicted molar refractivity (Wildman–Crippen MR) is 128 cm³/mol. The van der Waals surface area contributed by atoms with E-state index in [1.165, 1.54) is 0 Å². The monoisotopic (exact) mass is 486 g/mol. The Morgan fingerprint density at radius 3 is 2.44 bits per heavy atom. The summed E-state index contributed by atoms with van der Waals surface area (Å²) in [6, 6.07) is 27.1. The van der Waals surface area contributed by atoms with Crippen LogP contribution in [0, 0.1) is 0 Å². The molecule has 0 aliphatic carbocycles. The van der Waals surface area contributed by atoms with E-state index in [0.29, 0.717) is 35.1 Å². The minimum absolute atomic E-state index is 0.0749. The molecule has 158 valence electrons. The molecular weight excluding hydrogens is 468 g/mol. The van der Waals surface area contributed by atoms with Crippen LogP contribution in [0.3, 0.4) is 0 Å². The van der Waals surface area contributed by atoms with E-state index in [0.717, 1.165) is 20.8 Å². The molecule has 0 radical (unpaired) electrons. The maximum atomic E-state index is 10.6. The summed E-state index contributed by atoms with van der Waals surface area (Å²) in [6.07, 6.45) is 1.60. The van der Waals surface area contributed by atoms with Gasteiger partial charge in [-0.1, -0.05) is 58.4 Å². The van der Waals surface area contributed by atoms with Crippen molar-refractivity contribution in [1.29, 1.82) is 0 Å². The number of nitrogens with zero attached hydrogens (tertiary/aromatic N) is 1. The summed E-state index contributed by atoms with van der Waals surface area (Å²) >= 11 is 3.42. The average molecular weight is 487 g/mol. The van der Waals surface area contributed by atoms with Gasteiger partial charge in [0.15, 0.2) is 5.75 Å². The van der Waals surface area contributed by atoms with E-state index in [2.05, 4.69) is 32.2 Å². The average Bonchev–Trinajstić information content (AvgIpc) is 3.26. The molecular formula is C26H19BrN2O3. The van der Waals surface area contributed by atoms with E-state index in [-0.39, 0.29) is 5.75 Å². The van der Waals surface area contributed by atoms with Crippen LogP contribution in [0.4, 0.5) is 0 Å². The van der Waals surface area contributed by atoms with Gasteiger partial charge in [-0.05, 0) is 52.7 Å². The van der Waals surface area contributed by atoms with E-state index in [9.17, 15) is 5.11 Å². The van der Waals surface area contributed by atoms with Crippen molar-refractivity contribution in [3.05, 3.63) is 101 Å². The van der Waals surface area contributed by atoms with Crippen molar-refractivity contribution in [2.75, 3.05) is 0 Å². The molecule has 4 aromatic carbocycles. The Kier molecular flexibility index (Phi) is 5.52. The zero-order chi connectivity index (χ0) is 21.9. The summed E-state index contributed by atoms with van der Waals surface area (Å²) in [5, 5.41) is 19.9. The second kappa shape index (κ2) is 8.77. The Labute approximate surface area is 193 Å². The number of fused-ring (bicyclic) bond motifs is 1. The molecule has 0 saturated carbocycles. The molecule has 0 amide bonds. The largest absolute Gasteiger partial charge is 0.507 e. The highest BCUT2D eigenvalue weighted by atomic mass is 79.9. The number of aromatic amines is 1. The lowest BCUT2D eigenvalue weighted by Gasteiger charge is -2.11. The molecule has 5 nitrogen and oxygen atoms in total. The number of phenols is 1. The Balaban J connectivity index is 1.35. The minimum atomic E-state index is 0.0749. The number of hydrogen-bond donors (Lipinski definition) is 2. The van der Waals surface area contributed by atoms with Gasteiger partial charge in [-0.15, -0.1) is 0 Å². The molecule has 5 aromatic rings. The maximum Gasteiger partial charge on any atom is 0.173 e. The van der Waals surface area contributed by atoms with Crippen LogP contribution < -0.4 is 9.47 Å². The fourth-order valence-electron chi connectivity index (χ4n) is 3.46. The smallest absolute Gasteiger partial charge is 0.173 e. The first kappa shape index (κ1) is 20.2. The van der Waals surface area contributed by atoms with Gasteiger partial charge >= 0.3 is 0 Å². The highest BCUT2D eigenvalue weighted by molar-refractivity contribution is 9.10. The quantitative estimate of drug-likeness (QED) is 0.269. The number of aromatic hydroxyl groups is 1. The van der Waals surface area contributed by atoms with Gasteiger partial charge < -0.3 is 14.6 Å². The lowest BCUT2D eigenvalue weighted by Crippen LogP contribution is -1.95. The highest BCUT2D eigenvalue weighted by Crippen LogP contribution is 2.38. The Morgan fingerprint density at radius 2 is 1.62 bits per heavy atom. The van der Waals surface area contributed by atoms with Crippen molar-refractivity contribution in [2.45, 2.75) is 6.61 Å². The van der Waals surface area contributed by atoms with Gasteiger partial charge in [-0.25, -0.2) is 0 Å². The lowest BCUT2D eigenvalue weighted by atomic mass is 10.1. The van der Waals surface area contributed by atoms with E-state index < -0.39 is 0 Å². The van der Waals surface area contributed by atoms with Crippen LogP contribution in [0.25, 0.3) is 22.0 Å². The predicted octanol–water partition coefficient (Wildman–Crippen LogP) is 7.07. The van der Waals surface area contributed by atoms with E-state index in [4.69, 9.17) is 9.47 Å². The van der Waals surface area contributed by atoms with Gasteiger partial charge in [-0.2, -0.15) is 5.10 Å². The summed E-state index contributed by atoms with van der Waals surface area (Å²) < 4.78 is 12.9. The molecule has 0 spiro atoms. The molecule has 0 aliphatic heterocycles. The third-order valence-electron chi connectivity index (χ3n) is 5.11. The molecule has 1 aromatic heterocycles. The first-order chi connectivity index (χ1) is 15.7. The Hall–Kier alpha value is -3.77. The van der Waals surface area contributed by atoms with Gasteiger partial charge in [0.1, 0.15) is 29.5 Å². The molecule has 1 heterocycles. The van der Waals surface area contributed by atoms with Gasteiger partial charge in [0.25, 0.3) is 0 Å². The summed E-state index contributed by atoms with van der Waals surface area (Å²) in [5.74, 6) is 1.87. The maximum absolute atomic E-state index is 10.6. The summed E-state index contributed by atoms with van der Waals surface area (Å²) in [7, 11) is 0. The van der Waals surface area contributed by atoms with Gasteiger partial charge in [0, 0.05) is 16.1 Å². The van der Waals surface area contributed by atoms with Crippen molar-refractivity contribution in [1.82, 2.24) is 10.2 Å². The molecule has 2 N–H and O–H groups in total. The van der Waals surface area contributed by atoms with Crippen LogP contribution in [0.5, 0.6) is 23.0 Å². The lowest BCUT2D eigenvalue weighted by molar-refractivity contribution is 0.304. The Bertz CT molecular complexity index is 1380. The van der Waals surface area contributed by atoms with Crippen molar-refractivity contribution >= 4 is 26.7 Å². The summed E-state index contributed by atoms with van der Waals surface area (Å²) in [6.45, 7) is 0.409. The highest BCUT2D eigenvalue weighted by Gasteiger charge is 2.15. The number of H-pyrrole nitrogens is 1. The number of halogens is 1. The zero-order valence-corrected chi connectivity index (χ0v) is 18.5. The first-order valence-electron chi connectivity index (χ1n) is 10.1. The standard InChI is InChI=1S/C26H19BrN2O3/c27-20-8-5-17(6-9-20)16-31-21-11-12-23(24(30)14-21)26-25(15-28-29-26)32-22-10-7-18-3-1-2-4-19(18)13-22/h1-15,30H,16H2,(H,28,29). The number of rotatable bonds is 6. The topological polar surface area (TPSA) is 67.4 Å². The van der Waals surface area contributed by atoms with Crippen LogP contribution in [0.15, 0.2) is 95.6 Å². The van der Waals surface area contributed by atoms with E-state index >= 15 is 0 Å². The van der Waals surface area contributed by atoms with Crippen LogP contribution >= 0.6 is 15.9 Å². The van der Waals surface area contributed by atoms with E-state index in [1.54, 1.807) is 18.3 Å². The zero-order valence-electron chi connectivity index (χ0n) is 17.0. The molecule has 0 fully saturated rings. The van der Waals surface area contributed by atoms with Crippen LogP contribution in [0.2, 0.25) is 0 Å². The first-order valence-corrected chi connectivity index (χ1v) is 10.9. The number of hydrogen-bond acceptors (Lipinski definition) is 4. The molecule has 0 bridgehead atoms. The number of nitrogens with one attached hydrogen (secondary N) is 1. The fourth-order valence-corrected chi connectivity index (χ4v) is 3.73. The van der Waals surface area contributed by atoms with E-state index in [1.807, 2.05) is 66.7 Å². The summed E-state index contributed by atoms with van der Waals surface area (Å²) in [5.41, 5.74) is 2.21. The number of phenolic OH excluding ortho intramolecular Hbond substituents is 1. The number of aromatic nitrogens is 2. The van der Waals surface area contributed by atoms with Crippen molar-refractivity contribution in [3.63, 3.8) is 0 Å². The third kappa shape index (κ3) is 4.31. The second-order valence-electron chi connectivity index (χ2n) is 7.31. The van der Waals surface area contributed by atoms with Crippen LogP contribution in [0.1, 0.15) is 5.56 Å². The van der Waals surface area contributed by atoms with Crippen molar-refractivity contribution < 1.29 is 14.6 Å². The molecule has 0 aliphatic rings. The Morgan fingerprint density at radius 1 is 0.844 bits per heavy atom. The number of benzene rings is 4. The third-order valence-corrected chi connectivity index (χ3v) is 5.64. The molecule has 5 rings (SSSR count). The van der Waals surface area contributed by atoms with Crippen molar-refractivity contribution in [3.8, 4) is 34.3 Å². The van der Waals surface area contributed by atoms with Crippen LogP contribution in [-0.4, -0.2) is 15.3 Å². The molecule has 0 atom stereocenters. The van der Waals surface area contributed by atoms with Gasteiger partial charge in [0.05, 0.1) is 6.20 Å². The van der Waals surface area contributed by atoms with Crippen LogP contribution in [-0.2, 0) is 6.61 Å². The summed E-state index contributed by atoms with van der Waals surface area (Å²) in [4.78, 5) is 0. The molecule has 6 heteroatoms. The fraction of sp³-hybridized carbons (Fsp3) is 0.0385. The molecule has 0 saturated heterocycles. The second-order valence-corrected chi connectivity index (χ2v) is 8.23. The number of ether oxygens (including phenoxy) is 2. The SMILES string of the molecule is Oc1cc(OCc2ccc(Br)cc2)ccc1-c1[nH]ncc1Oc1ccc2ccccc2c1. The molecule has 32 heavy (non-hydrogen) atoms. The normalized spacial score (nSPS) is 10.9. The van der Waals surface area contributed by atoms with Crippen molar-refractivity contribution in [2.24, 2.45) is 0 Å². The molecule has 0 unspecified atom stereocenters. The minimum Gasteiger partial charge on any atom is -0.507 e.